The molecule has 2 N–H and O–H groups in total. The number of halogens is 1. The molecule has 0 bridgehead atoms. The molecule has 0 saturated heterocycles. The molecule has 7 heteroatoms. The minimum Gasteiger partial charge on any atom is -0.431 e. The van der Waals surface area contributed by atoms with Crippen molar-refractivity contribution in [2.24, 2.45) is 0 Å². The highest BCUT2D eigenvalue weighted by Gasteiger charge is 2.17. The number of pyridine rings is 1. The molecular formula is C12H10BrN3O3. The predicted octanol–water partition coefficient (Wildman–Crippen LogP) is 3.44. The zero-order valence-corrected chi connectivity index (χ0v) is 11.5. The molecule has 98 valence electrons. The molecule has 0 aliphatic rings. The molecule has 0 fully saturated rings. The van der Waals surface area contributed by atoms with E-state index in [0.717, 1.165) is 5.56 Å². The number of ether oxygens (including phenoxy) is 1. The maximum atomic E-state index is 11.0. The molecule has 0 aliphatic carbocycles. The van der Waals surface area contributed by atoms with Gasteiger partial charge in [0.25, 0.3) is 0 Å². The predicted molar refractivity (Wildman–Crippen MR) is 74.3 cm³/mol. The fourth-order valence-corrected chi connectivity index (χ4v) is 1.92. The van der Waals surface area contributed by atoms with Crippen LogP contribution < -0.4 is 10.5 Å². The molecule has 2 rings (SSSR count). The van der Waals surface area contributed by atoms with E-state index in [4.69, 9.17) is 10.5 Å². The summed E-state index contributed by atoms with van der Waals surface area (Å²) in [6.45, 7) is 1.77. The lowest BCUT2D eigenvalue weighted by Gasteiger charge is -2.07. The molecule has 1 heterocycles. The summed E-state index contributed by atoms with van der Waals surface area (Å²) < 4.78 is 5.99. The Balaban J connectivity index is 2.40. The number of aromatic nitrogens is 1. The lowest BCUT2D eigenvalue weighted by molar-refractivity contribution is -0.385. The van der Waals surface area contributed by atoms with Gasteiger partial charge in [-0.3, -0.25) is 10.1 Å². The van der Waals surface area contributed by atoms with Gasteiger partial charge in [0.05, 0.1) is 21.3 Å². The summed E-state index contributed by atoms with van der Waals surface area (Å²) >= 11 is 3.24. The van der Waals surface area contributed by atoms with Crippen molar-refractivity contribution in [2.75, 3.05) is 5.73 Å². The Bertz CT molecular complexity index is 646. The number of hydrogen-bond acceptors (Lipinski definition) is 5. The number of nitro groups is 1. The topological polar surface area (TPSA) is 91.3 Å². The maximum absolute atomic E-state index is 11.0. The summed E-state index contributed by atoms with van der Waals surface area (Å²) in [7, 11) is 0. The Labute approximate surface area is 117 Å². The van der Waals surface area contributed by atoms with Crippen LogP contribution in [-0.2, 0) is 0 Å². The van der Waals surface area contributed by atoms with Crippen molar-refractivity contribution in [1.29, 1.82) is 0 Å². The normalized spacial score (nSPS) is 10.2. The average Bonchev–Trinajstić information content (AvgIpc) is 2.34. The van der Waals surface area contributed by atoms with Crippen molar-refractivity contribution >= 4 is 27.3 Å². The van der Waals surface area contributed by atoms with E-state index in [1.807, 2.05) is 0 Å². The van der Waals surface area contributed by atoms with Crippen molar-refractivity contribution in [1.82, 2.24) is 4.98 Å². The summed E-state index contributed by atoms with van der Waals surface area (Å²) in [4.78, 5) is 14.5. The zero-order chi connectivity index (χ0) is 14.0. The fourth-order valence-electron chi connectivity index (χ4n) is 1.48. The highest BCUT2D eigenvalue weighted by atomic mass is 79.9. The summed E-state index contributed by atoms with van der Waals surface area (Å²) in [5, 5.41) is 11.0. The number of nitro benzene ring substituents is 1. The van der Waals surface area contributed by atoms with E-state index in [1.165, 1.54) is 18.3 Å². The number of benzene rings is 1. The highest BCUT2D eigenvalue weighted by Crippen LogP contribution is 2.34. The van der Waals surface area contributed by atoms with E-state index in [-0.39, 0.29) is 17.3 Å². The van der Waals surface area contributed by atoms with Crippen LogP contribution in [0.1, 0.15) is 5.56 Å². The molecule has 19 heavy (non-hydrogen) atoms. The molecule has 0 saturated carbocycles. The Morgan fingerprint density at radius 2 is 2.16 bits per heavy atom. The lowest BCUT2D eigenvalue weighted by Crippen LogP contribution is -1.96. The van der Waals surface area contributed by atoms with E-state index in [1.54, 1.807) is 19.1 Å². The second-order valence-electron chi connectivity index (χ2n) is 3.89. The number of nitrogens with two attached hydrogens (primary N) is 1. The van der Waals surface area contributed by atoms with Crippen molar-refractivity contribution < 1.29 is 9.66 Å². The van der Waals surface area contributed by atoms with Gasteiger partial charge in [0.15, 0.2) is 0 Å². The third-order valence-corrected chi connectivity index (χ3v) is 2.91. The number of nitrogen functional groups attached to an aromatic ring is 1. The van der Waals surface area contributed by atoms with Crippen molar-refractivity contribution in [2.45, 2.75) is 6.92 Å². The lowest BCUT2D eigenvalue weighted by atomic mass is 10.2. The molecule has 0 spiro atoms. The smallest absolute Gasteiger partial charge is 0.311 e. The molecule has 2 aromatic rings. The Morgan fingerprint density at radius 3 is 2.79 bits per heavy atom. The number of aryl methyl sites for hydroxylation is 1. The van der Waals surface area contributed by atoms with E-state index in [0.29, 0.717) is 10.2 Å². The van der Waals surface area contributed by atoms with E-state index in [9.17, 15) is 10.1 Å². The maximum Gasteiger partial charge on any atom is 0.311 e. The van der Waals surface area contributed by atoms with E-state index >= 15 is 0 Å². The van der Waals surface area contributed by atoms with Crippen LogP contribution in [0.5, 0.6) is 11.6 Å². The Morgan fingerprint density at radius 1 is 1.42 bits per heavy atom. The van der Waals surface area contributed by atoms with Crippen LogP contribution in [0.15, 0.2) is 34.9 Å². The minimum absolute atomic E-state index is 0.106. The Hall–Kier alpha value is -2.15. The van der Waals surface area contributed by atoms with Gasteiger partial charge in [0, 0.05) is 6.07 Å². The van der Waals surface area contributed by atoms with Gasteiger partial charge in [0.2, 0.25) is 11.6 Å². The SMILES string of the molecule is Cc1ccc(Oc2ncc(N)cc2Br)c([N+](=O)[O-])c1. The van der Waals surface area contributed by atoms with Gasteiger partial charge in [-0.2, -0.15) is 0 Å². The summed E-state index contributed by atoms with van der Waals surface area (Å²) in [5.41, 5.74) is 6.71. The molecule has 1 aromatic carbocycles. The summed E-state index contributed by atoms with van der Waals surface area (Å²) in [6.07, 6.45) is 1.42. The third-order valence-electron chi connectivity index (χ3n) is 2.35. The second kappa shape index (κ2) is 5.23. The summed E-state index contributed by atoms with van der Waals surface area (Å²) in [6, 6.07) is 6.33. The van der Waals surface area contributed by atoms with Gasteiger partial charge < -0.3 is 10.5 Å². The van der Waals surface area contributed by atoms with Gasteiger partial charge >= 0.3 is 5.69 Å². The van der Waals surface area contributed by atoms with Crippen LogP contribution >= 0.6 is 15.9 Å². The van der Waals surface area contributed by atoms with Crippen molar-refractivity contribution in [3.8, 4) is 11.6 Å². The molecule has 6 nitrogen and oxygen atoms in total. The van der Waals surface area contributed by atoms with E-state index < -0.39 is 4.92 Å². The van der Waals surface area contributed by atoms with Crippen molar-refractivity contribution in [3.05, 3.63) is 50.6 Å². The zero-order valence-electron chi connectivity index (χ0n) is 9.96. The first-order chi connectivity index (χ1) is 8.97. The van der Waals surface area contributed by atoms with Crippen LogP contribution in [0, 0.1) is 17.0 Å². The third kappa shape index (κ3) is 3.00. The summed E-state index contributed by atoms with van der Waals surface area (Å²) in [5.74, 6) is 0.356. The van der Waals surface area contributed by atoms with Crippen LogP contribution in [0.25, 0.3) is 0 Å². The van der Waals surface area contributed by atoms with Crippen LogP contribution in [-0.4, -0.2) is 9.91 Å². The Kier molecular flexibility index (Phi) is 3.66. The second-order valence-corrected chi connectivity index (χ2v) is 4.74. The van der Waals surface area contributed by atoms with Crippen LogP contribution in [0.3, 0.4) is 0 Å². The first kappa shape index (κ1) is 13.3. The number of anilines is 1. The quantitative estimate of drug-likeness (QED) is 0.690. The first-order valence-electron chi connectivity index (χ1n) is 5.31. The van der Waals surface area contributed by atoms with Gasteiger partial charge in [-0.1, -0.05) is 6.07 Å². The van der Waals surface area contributed by atoms with Gasteiger partial charge in [-0.05, 0) is 40.5 Å². The largest absolute Gasteiger partial charge is 0.431 e. The van der Waals surface area contributed by atoms with Gasteiger partial charge in [-0.15, -0.1) is 0 Å². The molecule has 1 aromatic heterocycles. The highest BCUT2D eigenvalue weighted by molar-refractivity contribution is 9.10. The molecule has 0 aliphatic heterocycles. The number of hydrogen-bond donors (Lipinski definition) is 1. The molecule has 0 radical (unpaired) electrons. The monoisotopic (exact) mass is 323 g/mol. The van der Waals surface area contributed by atoms with Gasteiger partial charge in [0.1, 0.15) is 0 Å². The molecular weight excluding hydrogens is 314 g/mol. The number of rotatable bonds is 3. The number of nitrogens with zero attached hydrogens (tertiary/aromatic N) is 2. The minimum atomic E-state index is -0.493. The molecule has 0 unspecified atom stereocenters. The average molecular weight is 324 g/mol. The van der Waals surface area contributed by atoms with Crippen LogP contribution in [0.2, 0.25) is 0 Å². The van der Waals surface area contributed by atoms with Crippen molar-refractivity contribution in [3.63, 3.8) is 0 Å². The van der Waals surface area contributed by atoms with Crippen LogP contribution in [0.4, 0.5) is 11.4 Å². The fraction of sp³-hybridized carbons (Fsp3) is 0.0833. The van der Waals surface area contributed by atoms with E-state index in [2.05, 4.69) is 20.9 Å². The van der Waals surface area contributed by atoms with Gasteiger partial charge in [-0.25, -0.2) is 4.98 Å². The molecule has 0 atom stereocenters. The first-order valence-corrected chi connectivity index (χ1v) is 6.10. The standard InChI is InChI=1S/C12H10BrN3O3/c1-7-2-3-11(10(4-7)16(17)18)19-12-9(13)5-8(14)6-15-12/h2-6H,14H2,1H3. The molecule has 0 amide bonds.